The third-order valence-corrected chi connectivity index (χ3v) is 6.37. The first-order valence-electron chi connectivity index (χ1n) is 10.6. The Morgan fingerprint density at radius 2 is 2.03 bits per heavy atom. The smallest absolute Gasteiger partial charge is 0.133 e. The Morgan fingerprint density at radius 3 is 2.90 bits per heavy atom. The molecule has 5 rings (SSSR count). The third kappa shape index (κ3) is 3.65. The number of ketones is 1. The molecule has 0 amide bonds. The molecule has 4 nitrogen and oxygen atoms in total. The number of rotatable bonds is 4. The van der Waals surface area contributed by atoms with E-state index in [4.69, 9.17) is 4.74 Å². The van der Waals surface area contributed by atoms with Crippen LogP contribution in [0.25, 0.3) is 22.0 Å². The minimum Gasteiger partial charge on any atom is -0.490 e. The van der Waals surface area contributed by atoms with Gasteiger partial charge in [0.2, 0.25) is 0 Å². The zero-order chi connectivity index (χ0) is 19.8. The van der Waals surface area contributed by atoms with E-state index >= 15 is 0 Å². The van der Waals surface area contributed by atoms with Crippen LogP contribution in [-0.2, 0) is 17.8 Å². The molecule has 1 saturated carbocycles. The Hall–Kier alpha value is -2.72. The van der Waals surface area contributed by atoms with Crippen LogP contribution in [-0.4, -0.2) is 23.4 Å². The lowest BCUT2D eigenvalue weighted by Gasteiger charge is -2.22. The zero-order valence-corrected chi connectivity index (χ0v) is 16.8. The summed E-state index contributed by atoms with van der Waals surface area (Å²) in [7, 11) is 0. The standard InChI is InChI=1S/C25H26N2O2/c1-16(18-6-7-22(28)12-18)29-25-14-20(13-24-23(25)3-2-9-27-24)19-5-4-17-8-10-26-15-21(17)11-19/h2-5,9,11,13-14,16,18,26H,6-8,10,12,15H2,1H3/t16-,18+/m1/s1. The van der Waals surface area contributed by atoms with Crippen LogP contribution in [0.1, 0.15) is 37.3 Å². The predicted octanol–water partition coefficient (Wildman–Crippen LogP) is 4.68. The number of carbonyl (C=O) groups excluding carboxylic acids is 1. The van der Waals surface area contributed by atoms with Crippen molar-refractivity contribution in [3.63, 3.8) is 0 Å². The summed E-state index contributed by atoms with van der Waals surface area (Å²) in [4.78, 5) is 16.3. The van der Waals surface area contributed by atoms with Crippen LogP contribution in [0.15, 0.2) is 48.7 Å². The molecule has 1 fully saturated rings. The van der Waals surface area contributed by atoms with E-state index in [9.17, 15) is 4.79 Å². The highest BCUT2D eigenvalue weighted by molar-refractivity contribution is 5.90. The molecule has 2 aromatic carbocycles. The maximum Gasteiger partial charge on any atom is 0.133 e. The van der Waals surface area contributed by atoms with Crippen molar-refractivity contribution >= 4 is 16.7 Å². The van der Waals surface area contributed by atoms with Crippen LogP contribution >= 0.6 is 0 Å². The highest BCUT2D eigenvalue weighted by Gasteiger charge is 2.28. The van der Waals surface area contributed by atoms with Crippen molar-refractivity contribution in [1.82, 2.24) is 10.3 Å². The molecule has 0 spiro atoms. The molecule has 1 aliphatic carbocycles. The molecule has 4 heteroatoms. The van der Waals surface area contributed by atoms with Gasteiger partial charge in [0, 0.05) is 36.9 Å². The van der Waals surface area contributed by atoms with E-state index in [-0.39, 0.29) is 6.10 Å². The summed E-state index contributed by atoms with van der Waals surface area (Å²) < 4.78 is 6.43. The fraction of sp³-hybridized carbons (Fsp3) is 0.360. The average molecular weight is 386 g/mol. The Kier molecular flexibility index (Phi) is 4.80. The number of fused-ring (bicyclic) bond motifs is 2. The molecule has 0 saturated heterocycles. The molecule has 1 aromatic heterocycles. The van der Waals surface area contributed by atoms with Crippen LogP contribution in [0.3, 0.4) is 0 Å². The summed E-state index contributed by atoms with van der Waals surface area (Å²) in [5.74, 6) is 1.51. The fourth-order valence-electron chi connectivity index (χ4n) is 4.61. The lowest BCUT2D eigenvalue weighted by Crippen LogP contribution is -2.23. The topological polar surface area (TPSA) is 51.2 Å². The summed E-state index contributed by atoms with van der Waals surface area (Å²) in [5, 5.41) is 4.48. The van der Waals surface area contributed by atoms with Gasteiger partial charge in [-0.2, -0.15) is 0 Å². The first-order valence-corrected chi connectivity index (χ1v) is 10.6. The maximum atomic E-state index is 11.7. The van der Waals surface area contributed by atoms with Crippen LogP contribution in [0, 0.1) is 5.92 Å². The molecule has 2 atom stereocenters. The minimum atomic E-state index is 0.00726. The summed E-state index contributed by atoms with van der Waals surface area (Å²) in [6, 6.07) is 15.0. The van der Waals surface area contributed by atoms with Gasteiger partial charge in [-0.1, -0.05) is 12.1 Å². The van der Waals surface area contributed by atoms with E-state index in [1.54, 1.807) is 0 Å². The van der Waals surface area contributed by atoms with Crippen molar-refractivity contribution in [2.24, 2.45) is 5.92 Å². The van der Waals surface area contributed by atoms with Gasteiger partial charge in [-0.3, -0.25) is 9.78 Å². The Morgan fingerprint density at radius 1 is 1.10 bits per heavy atom. The SMILES string of the molecule is C[C@@H](Oc1cc(-c2ccc3c(c2)CNCC3)cc2ncccc12)[C@H]1CCC(=O)C1. The quantitative estimate of drug-likeness (QED) is 0.707. The summed E-state index contributed by atoms with van der Waals surface area (Å²) in [6.45, 7) is 4.06. The van der Waals surface area contributed by atoms with Crippen LogP contribution in [0.2, 0.25) is 0 Å². The lowest BCUT2D eigenvalue weighted by molar-refractivity contribution is -0.117. The van der Waals surface area contributed by atoms with Crippen LogP contribution < -0.4 is 10.1 Å². The number of aromatic nitrogens is 1. The molecular weight excluding hydrogens is 360 g/mol. The fourth-order valence-corrected chi connectivity index (χ4v) is 4.61. The normalized spacial score (nSPS) is 19.9. The van der Waals surface area contributed by atoms with Gasteiger partial charge in [0.15, 0.2) is 0 Å². The number of nitrogens with one attached hydrogen (secondary N) is 1. The predicted molar refractivity (Wildman–Crippen MR) is 115 cm³/mol. The van der Waals surface area contributed by atoms with Gasteiger partial charge in [0.25, 0.3) is 0 Å². The van der Waals surface area contributed by atoms with Crippen molar-refractivity contribution in [2.45, 2.75) is 45.3 Å². The van der Waals surface area contributed by atoms with Gasteiger partial charge in [-0.15, -0.1) is 0 Å². The van der Waals surface area contributed by atoms with Gasteiger partial charge in [-0.25, -0.2) is 0 Å². The van der Waals surface area contributed by atoms with E-state index in [1.807, 2.05) is 12.3 Å². The van der Waals surface area contributed by atoms with Gasteiger partial charge >= 0.3 is 0 Å². The summed E-state index contributed by atoms with van der Waals surface area (Å²) in [5.41, 5.74) is 6.05. The Balaban J connectivity index is 1.53. The van der Waals surface area contributed by atoms with E-state index in [0.717, 1.165) is 48.1 Å². The number of hydrogen-bond acceptors (Lipinski definition) is 4. The highest BCUT2D eigenvalue weighted by atomic mass is 16.5. The molecule has 3 aromatic rings. The van der Waals surface area contributed by atoms with Gasteiger partial charge in [0.1, 0.15) is 11.5 Å². The number of Topliss-reactive ketones (excluding diaryl/α,β-unsaturated/α-hetero) is 1. The minimum absolute atomic E-state index is 0.00726. The number of ether oxygens (including phenoxy) is 1. The average Bonchev–Trinajstić information content (AvgIpc) is 3.20. The lowest BCUT2D eigenvalue weighted by atomic mass is 9.95. The number of pyridine rings is 1. The summed E-state index contributed by atoms with van der Waals surface area (Å²) in [6.07, 6.45) is 5.16. The number of benzene rings is 2. The number of hydrogen-bond donors (Lipinski definition) is 1. The van der Waals surface area contributed by atoms with Crippen molar-refractivity contribution in [1.29, 1.82) is 0 Å². The first-order chi connectivity index (χ1) is 14.2. The van der Waals surface area contributed by atoms with Gasteiger partial charge < -0.3 is 10.1 Å². The number of nitrogens with zero attached hydrogens (tertiary/aromatic N) is 1. The van der Waals surface area contributed by atoms with Crippen molar-refractivity contribution < 1.29 is 9.53 Å². The second-order valence-electron chi connectivity index (χ2n) is 8.32. The van der Waals surface area contributed by atoms with Crippen molar-refractivity contribution in [3.8, 4) is 16.9 Å². The van der Waals surface area contributed by atoms with E-state index in [0.29, 0.717) is 24.5 Å². The largest absolute Gasteiger partial charge is 0.490 e. The first kappa shape index (κ1) is 18.3. The molecule has 148 valence electrons. The molecular formula is C25H26N2O2. The monoisotopic (exact) mass is 386 g/mol. The molecule has 0 unspecified atom stereocenters. The molecule has 1 N–H and O–H groups in total. The van der Waals surface area contributed by atoms with Gasteiger partial charge in [0.05, 0.1) is 11.6 Å². The molecule has 0 radical (unpaired) electrons. The molecule has 2 heterocycles. The van der Waals surface area contributed by atoms with Crippen LogP contribution in [0.5, 0.6) is 5.75 Å². The molecule has 2 aliphatic rings. The van der Waals surface area contributed by atoms with Crippen molar-refractivity contribution in [2.75, 3.05) is 6.54 Å². The van der Waals surface area contributed by atoms with E-state index in [1.165, 1.54) is 16.7 Å². The van der Waals surface area contributed by atoms with Gasteiger partial charge in [-0.05, 0) is 78.9 Å². The van der Waals surface area contributed by atoms with Crippen molar-refractivity contribution in [3.05, 3.63) is 59.8 Å². The van der Waals surface area contributed by atoms with E-state index < -0.39 is 0 Å². The summed E-state index contributed by atoms with van der Waals surface area (Å²) >= 11 is 0. The second-order valence-corrected chi connectivity index (χ2v) is 8.32. The number of carbonyl (C=O) groups is 1. The van der Waals surface area contributed by atoms with E-state index in [2.05, 4.69) is 53.6 Å². The Bertz CT molecular complexity index is 1080. The molecule has 1 aliphatic heterocycles. The zero-order valence-electron chi connectivity index (χ0n) is 16.8. The second kappa shape index (κ2) is 7.60. The highest BCUT2D eigenvalue weighted by Crippen LogP contribution is 2.35. The molecule has 29 heavy (non-hydrogen) atoms. The van der Waals surface area contributed by atoms with Crippen LogP contribution in [0.4, 0.5) is 0 Å². The third-order valence-electron chi connectivity index (χ3n) is 6.37. The molecule has 0 bridgehead atoms. The maximum absolute atomic E-state index is 11.7. The Labute approximate surface area is 171 Å².